The van der Waals surface area contributed by atoms with Gasteiger partial charge in [0.25, 0.3) is 0 Å². The second-order valence-electron chi connectivity index (χ2n) is 4.98. The third-order valence-corrected chi connectivity index (χ3v) is 3.72. The highest BCUT2D eigenvalue weighted by molar-refractivity contribution is 5.72. The van der Waals surface area contributed by atoms with Crippen LogP contribution >= 0.6 is 0 Å². The van der Waals surface area contributed by atoms with Crippen molar-refractivity contribution in [3.63, 3.8) is 0 Å². The first-order valence-corrected chi connectivity index (χ1v) is 6.36. The van der Waals surface area contributed by atoms with Crippen molar-refractivity contribution in [2.75, 3.05) is 19.8 Å². The normalized spacial score (nSPS) is 35.0. The van der Waals surface area contributed by atoms with Gasteiger partial charge in [0.1, 0.15) is 0 Å². The minimum Gasteiger partial charge on any atom is -0.479 e. The molecule has 0 saturated carbocycles. The number of carbonyl (C=O) groups is 1. The fraction of sp³-hybridized carbons (Fsp3) is 0.917. The van der Waals surface area contributed by atoms with Gasteiger partial charge in [0.05, 0.1) is 12.7 Å². The molecule has 5 heteroatoms. The van der Waals surface area contributed by atoms with E-state index in [2.05, 4.69) is 12.2 Å². The highest BCUT2D eigenvalue weighted by atomic mass is 16.5. The Morgan fingerprint density at radius 3 is 2.88 bits per heavy atom. The maximum atomic E-state index is 10.7. The standard InChI is InChI=1S/C12H21NO4/c1-8(9-4-5-16-7-9)13-6-10-2-3-11(17-10)12(14)15/h8-11,13H,2-7H2,1H3,(H,14,15). The average molecular weight is 243 g/mol. The third-order valence-electron chi connectivity index (χ3n) is 3.72. The van der Waals surface area contributed by atoms with Crippen molar-refractivity contribution >= 4 is 5.97 Å². The van der Waals surface area contributed by atoms with Crippen molar-refractivity contribution in [2.45, 2.75) is 44.4 Å². The van der Waals surface area contributed by atoms with Crippen LogP contribution in [0.1, 0.15) is 26.2 Å². The lowest BCUT2D eigenvalue weighted by molar-refractivity contribution is -0.149. The first-order valence-electron chi connectivity index (χ1n) is 6.36. The van der Waals surface area contributed by atoms with Crippen LogP contribution in [0.4, 0.5) is 0 Å². The van der Waals surface area contributed by atoms with Gasteiger partial charge in [-0.3, -0.25) is 0 Å². The van der Waals surface area contributed by atoms with Gasteiger partial charge in [-0.25, -0.2) is 4.79 Å². The predicted molar refractivity (Wildman–Crippen MR) is 61.9 cm³/mol. The molecule has 0 bridgehead atoms. The zero-order valence-electron chi connectivity index (χ0n) is 10.2. The van der Waals surface area contributed by atoms with E-state index in [0.717, 1.165) is 32.6 Å². The molecule has 0 aliphatic carbocycles. The van der Waals surface area contributed by atoms with Crippen molar-refractivity contribution in [3.8, 4) is 0 Å². The number of carboxylic acid groups (broad SMARTS) is 1. The van der Waals surface area contributed by atoms with E-state index in [1.54, 1.807) is 0 Å². The number of carboxylic acids is 1. The van der Waals surface area contributed by atoms with Gasteiger partial charge in [0.2, 0.25) is 0 Å². The Morgan fingerprint density at radius 2 is 2.29 bits per heavy atom. The molecule has 2 fully saturated rings. The molecule has 0 amide bonds. The lowest BCUT2D eigenvalue weighted by Crippen LogP contribution is -2.39. The number of rotatable bonds is 5. The van der Waals surface area contributed by atoms with E-state index in [-0.39, 0.29) is 6.10 Å². The van der Waals surface area contributed by atoms with E-state index in [1.165, 1.54) is 0 Å². The average Bonchev–Trinajstić information content (AvgIpc) is 2.97. The lowest BCUT2D eigenvalue weighted by Gasteiger charge is -2.21. The number of ether oxygens (including phenoxy) is 2. The smallest absolute Gasteiger partial charge is 0.332 e. The molecular formula is C12H21NO4. The summed E-state index contributed by atoms with van der Waals surface area (Å²) < 4.78 is 10.8. The highest BCUT2D eigenvalue weighted by Crippen LogP contribution is 2.20. The zero-order chi connectivity index (χ0) is 12.3. The second-order valence-corrected chi connectivity index (χ2v) is 4.98. The van der Waals surface area contributed by atoms with Gasteiger partial charge in [0, 0.05) is 19.2 Å². The van der Waals surface area contributed by atoms with Crippen LogP contribution in [-0.2, 0) is 14.3 Å². The molecule has 0 aromatic heterocycles. The molecule has 98 valence electrons. The van der Waals surface area contributed by atoms with Crippen LogP contribution in [0.2, 0.25) is 0 Å². The summed E-state index contributed by atoms with van der Waals surface area (Å²) in [4.78, 5) is 10.7. The number of hydrogen-bond acceptors (Lipinski definition) is 4. The van der Waals surface area contributed by atoms with Crippen LogP contribution in [0.25, 0.3) is 0 Å². The van der Waals surface area contributed by atoms with E-state index in [4.69, 9.17) is 14.6 Å². The maximum absolute atomic E-state index is 10.7. The Balaban J connectivity index is 1.66. The van der Waals surface area contributed by atoms with E-state index in [1.807, 2.05) is 0 Å². The monoisotopic (exact) mass is 243 g/mol. The number of hydrogen-bond donors (Lipinski definition) is 2. The molecule has 2 heterocycles. The minimum atomic E-state index is -0.843. The lowest BCUT2D eigenvalue weighted by atomic mass is 10.0. The van der Waals surface area contributed by atoms with E-state index in [0.29, 0.717) is 18.4 Å². The van der Waals surface area contributed by atoms with Gasteiger partial charge in [-0.05, 0) is 32.1 Å². The predicted octanol–water partition coefficient (Wildman–Crippen LogP) is 0.633. The van der Waals surface area contributed by atoms with Gasteiger partial charge in [0.15, 0.2) is 6.10 Å². The summed E-state index contributed by atoms with van der Waals surface area (Å²) in [6.45, 7) is 4.58. The Morgan fingerprint density at radius 1 is 1.47 bits per heavy atom. The second kappa shape index (κ2) is 5.80. The SMILES string of the molecule is CC(NCC1CCC(C(=O)O)O1)C1CCOC1. The van der Waals surface area contributed by atoms with Crippen LogP contribution < -0.4 is 5.32 Å². The molecule has 17 heavy (non-hydrogen) atoms. The number of nitrogens with one attached hydrogen (secondary N) is 1. The Kier molecular flexibility index (Phi) is 4.36. The number of aliphatic carboxylic acids is 1. The zero-order valence-corrected chi connectivity index (χ0v) is 10.2. The highest BCUT2D eigenvalue weighted by Gasteiger charge is 2.31. The Hall–Kier alpha value is -0.650. The topological polar surface area (TPSA) is 67.8 Å². The summed E-state index contributed by atoms with van der Waals surface area (Å²) in [5.41, 5.74) is 0. The molecule has 4 unspecified atom stereocenters. The van der Waals surface area contributed by atoms with Crippen LogP contribution in [0, 0.1) is 5.92 Å². The first kappa shape index (κ1) is 12.8. The molecule has 2 aliphatic heterocycles. The van der Waals surface area contributed by atoms with Gasteiger partial charge in [-0.1, -0.05) is 0 Å². The van der Waals surface area contributed by atoms with Gasteiger partial charge < -0.3 is 19.9 Å². The van der Waals surface area contributed by atoms with Crippen molar-refractivity contribution in [2.24, 2.45) is 5.92 Å². The van der Waals surface area contributed by atoms with Crippen LogP contribution in [-0.4, -0.2) is 49.1 Å². The quantitative estimate of drug-likeness (QED) is 0.741. The van der Waals surface area contributed by atoms with Gasteiger partial charge in [-0.15, -0.1) is 0 Å². The Labute approximate surface area is 101 Å². The van der Waals surface area contributed by atoms with Crippen LogP contribution in [0.5, 0.6) is 0 Å². The summed E-state index contributed by atoms with van der Waals surface area (Å²) in [5, 5.41) is 12.2. The van der Waals surface area contributed by atoms with E-state index >= 15 is 0 Å². The molecule has 5 nitrogen and oxygen atoms in total. The molecule has 0 radical (unpaired) electrons. The largest absolute Gasteiger partial charge is 0.479 e. The fourth-order valence-corrected chi connectivity index (χ4v) is 2.47. The molecule has 0 spiro atoms. The maximum Gasteiger partial charge on any atom is 0.332 e. The summed E-state index contributed by atoms with van der Waals surface area (Å²) in [6.07, 6.45) is 2.01. The van der Waals surface area contributed by atoms with E-state index < -0.39 is 12.1 Å². The summed E-state index contributed by atoms with van der Waals surface area (Å²) in [6, 6.07) is 0.407. The summed E-state index contributed by atoms with van der Waals surface area (Å²) >= 11 is 0. The molecular weight excluding hydrogens is 222 g/mol. The van der Waals surface area contributed by atoms with Crippen molar-refractivity contribution in [1.29, 1.82) is 0 Å². The molecule has 2 aliphatic rings. The minimum absolute atomic E-state index is 0.0425. The van der Waals surface area contributed by atoms with Gasteiger partial charge in [-0.2, -0.15) is 0 Å². The Bertz CT molecular complexity index is 265. The van der Waals surface area contributed by atoms with Gasteiger partial charge >= 0.3 is 5.97 Å². The molecule has 4 atom stereocenters. The summed E-state index contributed by atoms with van der Waals surface area (Å²) in [5.74, 6) is -0.267. The molecule has 2 rings (SSSR count). The van der Waals surface area contributed by atoms with E-state index in [9.17, 15) is 4.79 Å². The third kappa shape index (κ3) is 3.40. The molecule has 2 N–H and O–H groups in total. The van der Waals surface area contributed by atoms with Crippen molar-refractivity contribution in [3.05, 3.63) is 0 Å². The van der Waals surface area contributed by atoms with Crippen molar-refractivity contribution in [1.82, 2.24) is 5.32 Å². The molecule has 0 aromatic carbocycles. The molecule has 2 saturated heterocycles. The molecule has 0 aromatic rings. The fourth-order valence-electron chi connectivity index (χ4n) is 2.47. The summed E-state index contributed by atoms with van der Waals surface area (Å²) in [7, 11) is 0. The van der Waals surface area contributed by atoms with Crippen LogP contribution in [0.15, 0.2) is 0 Å². The van der Waals surface area contributed by atoms with Crippen molar-refractivity contribution < 1.29 is 19.4 Å². The van der Waals surface area contributed by atoms with Crippen LogP contribution in [0.3, 0.4) is 0 Å². The first-order chi connectivity index (χ1) is 8.16.